The number of hydrogen-bond acceptors (Lipinski definition) is 5. The molecule has 2 fully saturated rings. The molecule has 3 aliphatic rings. The standard InChI is InChI=1S/C35H31NO4/c1-36(25-15-9-4-10-16-25)26-17-18-27-24(19-26)20-28-29-21-30(31(27)28)33(40-35(38)23-13-7-3-8-14-23)32(29)39-34(37)22-11-5-2-6-12-22/h2-19,28-33H,20-21H2,1H3. The first kappa shape index (κ1) is 24.6. The summed E-state index contributed by atoms with van der Waals surface area (Å²) in [5.74, 6) is 0.161. The summed E-state index contributed by atoms with van der Waals surface area (Å²) in [6, 6.07) is 35.2. The normalized spacial score (nSPS) is 25.6. The van der Waals surface area contributed by atoms with Crippen molar-refractivity contribution in [1.29, 1.82) is 0 Å². The number of carbonyl (C=O) groups excluding carboxylic acids is 2. The quantitative estimate of drug-likeness (QED) is 0.257. The molecule has 0 aliphatic heterocycles. The molecular weight excluding hydrogens is 498 g/mol. The van der Waals surface area contributed by atoms with E-state index in [-0.39, 0.29) is 29.7 Å². The van der Waals surface area contributed by atoms with E-state index in [0.29, 0.717) is 17.0 Å². The second kappa shape index (κ2) is 9.98. The molecule has 0 radical (unpaired) electrons. The first-order chi connectivity index (χ1) is 19.6. The number of benzene rings is 4. The Hall–Kier alpha value is -4.38. The second-order valence-electron chi connectivity index (χ2n) is 11.2. The van der Waals surface area contributed by atoms with Crippen LogP contribution < -0.4 is 4.90 Å². The van der Waals surface area contributed by atoms with Crippen LogP contribution in [0.2, 0.25) is 0 Å². The molecule has 5 nitrogen and oxygen atoms in total. The number of para-hydroxylation sites is 1. The molecule has 0 N–H and O–H groups in total. The Morgan fingerprint density at radius 1 is 0.650 bits per heavy atom. The van der Waals surface area contributed by atoms with Crippen molar-refractivity contribution >= 4 is 23.3 Å². The van der Waals surface area contributed by atoms with Crippen LogP contribution in [0.4, 0.5) is 11.4 Å². The van der Waals surface area contributed by atoms with Gasteiger partial charge < -0.3 is 14.4 Å². The average molecular weight is 530 g/mol. The fraction of sp³-hybridized carbons (Fsp3) is 0.257. The lowest BCUT2D eigenvalue weighted by atomic mass is 9.76. The lowest BCUT2D eigenvalue weighted by molar-refractivity contribution is -0.0698. The first-order valence-electron chi connectivity index (χ1n) is 14.0. The van der Waals surface area contributed by atoms with E-state index in [0.717, 1.165) is 24.2 Å². The van der Waals surface area contributed by atoms with Crippen LogP contribution in [0.3, 0.4) is 0 Å². The average Bonchev–Trinajstić information content (AvgIpc) is 3.67. The molecule has 7 rings (SSSR count). The van der Waals surface area contributed by atoms with Crippen LogP contribution in [-0.4, -0.2) is 31.2 Å². The topological polar surface area (TPSA) is 55.8 Å². The van der Waals surface area contributed by atoms with Crippen LogP contribution in [0.1, 0.15) is 44.2 Å². The van der Waals surface area contributed by atoms with Gasteiger partial charge in [-0.25, -0.2) is 9.59 Å². The van der Waals surface area contributed by atoms with Crippen molar-refractivity contribution in [3.63, 3.8) is 0 Å². The third kappa shape index (κ3) is 4.17. The Morgan fingerprint density at radius 3 is 1.80 bits per heavy atom. The fourth-order valence-electron chi connectivity index (χ4n) is 7.36. The Labute approximate surface area is 234 Å². The van der Waals surface area contributed by atoms with E-state index in [2.05, 4.69) is 54.4 Å². The summed E-state index contributed by atoms with van der Waals surface area (Å²) in [5, 5.41) is 0. The van der Waals surface area contributed by atoms with Crippen molar-refractivity contribution in [1.82, 2.24) is 0 Å². The number of hydrogen-bond donors (Lipinski definition) is 0. The largest absolute Gasteiger partial charge is 0.455 e. The number of fused-ring (bicyclic) bond motifs is 7. The number of nitrogens with zero attached hydrogens (tertiary/aromatic N) is 1. The summed E-state index contributed by atoms with van der Waals surface area (Å²) in [5.41, 5.74) is 6.00. The maximum Gasteiger partial charge on any atom is 0.338 e. The van der Waals surface area contributed by atoms with E-state index < -0.39 is 12.2 Å². The van der Waals surface area contributed by atoms with Crippen LogP contribution in [0.25, 0.3) is 0 Å². The maximum atomic E-state index is 13.2. The number of ether oxygens (including phenoxy) is 2. The van der Waals surface area contributed by atoms with Gasteiger partial charge in [-0.15, -0.1) is 0 Å². The molecule has 2 bridgehead atoms. The summed E-state index contributed by atoms with van der Waals surface area (Å²) in [6.07, 6.45) is 0.882. The Bertz CT molecular complexity index is 1540. The van der Waals surface area contributed by atoms with Crippen molar-refractivity contribution < 1.29 is 19.1 Å². The molecular formula is C35H31NO4. The molecule has 0 spiro atoms. The zero-order valence-corrected chi connectivity index (χ0v) is 22.4. The molecule has 0 amide bonds. The van der Waals surface area contributed by atoms with Crippen LogP contribution in [0.5, 0.6) is 0 Å². The van der Waals surface area contributed by atoms with E-state index in [1.54, 1.807) is 24.3 Å². The van der Waals surface area contributed by atoms with Crippen LogP contribution >= 0.6 is 0 Å². The highest BCUT2D eigenvalue weighted by atomic mass is 16.6. The summed E-state index contributed by atoms with van der Waals surface area (Å²) >= 11 is 0. The van der Waals surface area contributed by atoms with Gasteiger partial charge in [0.1, 0.15) is 12.2 Å². The van der Waals surface area contributed by atoms with Gasteiger partial charge in [0.15, 0.2) is 0 Å². The number of rotatable bonds is 6. The molecule has 0 saturated heterocycles. The second-order valence-corrected chi connectivity index (χ2v) is 11.2. The molecule has 2 saturated carbocycles. The van der Waals surface area contributed by atoms with Gasteiger partial charge in [0.2, 0.25) is 0 Å². The summed E-state index contributed by atoms with van der Waals surface area (Å²) in [6.45, 7) is 0. The fourth-order valence-corrected chi connectivity index (χ4v) is 7.36. The van der Waals surface area contributed by atoms with Gasteiger partial charge in [0.25, 0.3) is 0 Å². The minimum atomic E-state index is -0.482. The van der Waals surface area contributed by atoms with Crippen molar-refractivity contribution in [2.75, 3.05) is 11.9 Å². The zero-order chi connectivity index (χ0) is 27.2. The Balaban J connectivity index is 1.19. The minimum Gasteiger partial charge on any atom is -0.455 e. The van der Waals surface area contributed by atoms with Gasteiger partial charge in [0, 0.05) is 30.3 Å². The van der Waals surface area contributed by atoms with E-state index in [1.165, 1.54) is 11.1 Å². The van der Waals surface area contributed by atoms with Crippen LogP contribution in [-0.2, 0) is 15.9 Å². The molecule has 0 heterocycles. The smallest absolute Gasteiger partial charge is 0.338 e. The predicted molar refractivity (Wildman–Crippen MR) is 154 cm³/mol. The lowest BCUT2D eigenvalue weighted by Gasteiger charge is -2.37. The third-order valence-corrected chi connectivity index (χ3v) is 9.16. The molecule has 40 heavy (non-hydrogen) atoms. The third-order valence-electron chi connectivity index (χ3n) is 9.16. The molecule has 3 aliphatic carbocycles. The molecule has 5 heteroatoms. The van der Waals surface area contributed by atoms with Crippen molar-refractivity contribution in [2.45, 2.75) is 31.0 Å². The van der Waals surface area contributed by atoms with Gasteiger partial charge in [-0.2, -0.15) is 0 Å². The molecule has 6 unspecified atom stereocenters. The number of anilines is 2. The van der Waals surface area contributed by atoms with E-state index >= 15 is 0 Å². The highest BCUT2D eigenvalue weighted by Gasteiger charge is 2.63. The highest BCUT2D eigenvalue weighted by Crippen LogP contribution is 2.63. The van der Waals surface area contributed by atoms with Crippen LogP contribution in [0, 0.1) is 17.8 Å². The first-order valence-corrected chi connectivity index (χ1v) is 14.0. The van der Waals surface area contributed by atoms with Gasteiger partial charge in [-0.3, -0.25) is 0 Å². The zero-order valence-electron chi connectivity index (χ0n) is 22.4. The Kier molecular flexibility index (Phi) is 6.15. The van der Waals surface area contributed by atoms with Gasteiger partial charge in [0.05, 0.1) is 11.1 Å². The van der Waals surface area contributed by atoms with Crippen molar-refractivity contribution in [3.05, 3.63) is 131 Å². The van der Waals surface area contributed by atoms with Crippen molar-refractivity contribution in [3.8, 4) is 0 Å². The monoisotopic (exact) mass is 529 g/mol. The van der Waals surface area contributed by atoms with Crippen LogP contribution in [0.15, 0.2) is 109 Å². The summed E-state index contributed by atoms with van der Waals surface area (Å²) < 4.78 is 12.4. The molecule has 6 atom stereocenters. The van der Waals surface area contributed by atoms with Crippen molar-refractivity contribution in [2.24, 2.45) is 17.8 Å². The maximum absolute atomic E-state index is 13.2. The van der Waals surface area contributed by atoms with E-state index in [4.69, 9.17) is 9.47 Å². The SMILES string of the molecule is CN(c1ccccc1)c1ccc2c(c1)CC1C3CC(C(OC(=O)c4ccccc4)C3OC(=O)c3ccccc3)C21. The predicted octanol–water partition coefficient (Wildman–Crippen LogP) is 6.81. The highest BCUT2D eigenvalue weighted by molar-refractivity contribution is 5.90. The number of carbonyl (C=O) groups is 2. The Morgan fingerprint density at radius 2 is 1.20 bits per heavy atom. The van der Waals surface area contributed by atoms with Gasteiger partial charge in [-0.05, 0) is 84.3 Å². The van der Waals surface area contributed by atoms with Gasteiger partial charge in [-0.1, -0.05) is 60.7 Å². The van der Waals surface area contributed by atoms with E-state index in [1.807, 2.05) is 42.5 Å². The summed E-state index contributed by atoms with van der Waals surface area (Å²) in [4.78, 5) is 28.6. The van der Waals surface area contributed by atoms with Gasteiger partial charge >= 0.3 is 11.9 Å². The number of esters is 2. The molecule has 4 aromatic carbocycles. The molecule has 200 valence electrons. The minimum absolute atomic E-state index is 0.107. The molecule has 4 aromatic rings. The van der Waals surface area contributed by atoms with E-state index in [9.17, 15) is 9.59 Å². The lowest BCUT2D eigenvalue weighted by Crippen LogP contribution is -2.45. The summed E-state index contributed by atoms with van der Waals surface area (Å²) in [7, 11) is 2.09. The molecule has 0 aromatic heterocycles.